The number of rotatable bonds is 7. The second-order valence-corrected chi connectivity index (χ2v) is 8.85. The molecule has 0 atom stereocenters. The fourth-order valence-corrected chi connectivity index (χ4v) is 5.01. The van der Waals surface area contributed by atoms with Gasteiger partial charge in [0.05, 0.1) is 24.1 Å². The maximum absolute atomic E-state index is 13.3. The van der Waals surface area contributed by atoms with Crippen molar-refractivity contribution >= 4 is 44.4 Å². The Morgan fingerprint density at radius 1 is 1.03 bits per heavy atom. The number of thioether (sulfide) groups is 1. The van der Waals surface area contributed by atoms with Crippen molar-refractivity contribution in [1.82, 2.24) is 4.98 Å². The van der Waals surface area contributed by atoms with Gasteiger partial charge in [0.2, 0.25) is 5.91 Å². The van der Waals surface area contributed by atoms with Gasteiger partial charge in [0.15, 0.2) is 5.13 Å². The fraction of sp³-hybridized carbons (Fsp3) is 0.167. The maximum atomic E-state index is 13.3. The lowest BCUT2D eigenvalue weighted by Crippen LogP contribution is -2.31. The van der Waals surface area contributed by atoms with Gasteiger partial charge in [-0.05, 0) is 36.2 Å². The van der Waals surface area contributed by atoms with Gasteiger partial charge < -0.3 is 4.74 Å². The zero-order valence-corrected chi connectivity index (χ0v) is 18.5. The van der Waals surface area contributed by atoms with Crippen LogP contribution in [-0.4, -0.2) is 23.8 Å². The second kappa shape index (κ2) is 9.32. The van der Waals surface area contributed by atoms with Gasteiger partial charge >= 0.3 is 0 Å². The maximum Gasteiger partial charge on any atom is 0.239 e. The Hall–Kier alpha value is -2.83. The molecule has 1 heterocycles. The molecule has 4 rings (SSSR count). The van der Waals surface area contributed by atoms with E-state index in [4.69, 9.17) is 9.72 Å². The van der Waals surface area contributed by atoms with Gasteiger partial charge in [-0.2, -0.15) is 0 Å². The number of aryl methyl sites for hydroxylation is 1. The number of ether oxygens (including phenoxy) is 1. The zero-order valence-electron chi connectivity index (χ0n) is 16.9. The fourth-order valence-electron chi connectivity index (χ4n) is 3.15. The molecule has 3 aromatic carbocycles. The number of carbonyl (C=O) groups excluding carboxylic acids is 1. The first-order valence-electron chi connectivity index (χ1n) is 9.62. The molecule has 0 saturated heterocycles. The van der Waals surface area contributed by atoms with E-state index in [2.05, 4.69) is 6.92 Å². The average molecular weight is 435 g/mol. The molecule has 0 aliphatic heterocycles. The highest BCUT2D eigenvalue weighted by Gasteiger charge is 2.22. The lowest BCUT2D eigenvalue weighted by Gasteiger charge is -2.20. The van der Waals surface area contributed by atoms with E-state index in [0.29, 0.717) is 17.4 Å². The smallest absolute Gasteiger partial charge is 0.239 e. The molecule has 0 N–H and O–H groups in total. The number of anilines is 1. The van der Waals surface area contributed by atoms with E-state index < -0.39 is 0 Å². The van der Waals surface area contributed by atoms with Gasteiger partial charge in [0, 0.05) is 4.90 Å². The Morgan fingerprint density at radius 2 is 1.73 bits per heavy atom. The summed E-state index contributed by atoms with van der Waals surface area (Å²) in [6, 6.07) is 24.0. The summed E-state index contributed by atoms with van der Waals surface area (Å²) in [6.07, 6.45) is 0. The van der Waals surface area contributed by atoms with Gasteiger partial charge in [-0.25, -0.2) is 4.98 Å². The molecule has 0 bridgehead atoms. The number of hydrogen-bond donors (Lipinski definition) is 0. The van der Waals surface area contributed by atoms with E-state index in [1.807, 2.05) is 72.8 Å². The van der Waals surface area contributed by atoms with Gasteiger partial charge in [0.25, 0.3) is 0 Å². The van der Waals surface area contributed by atoms with E-state index in [0.717, 1.165) is 32.0 Å². The Kier molecular flexibility index (Phi) is 6.35. The van der Waals surface area contributed by atoms with Crippen molar-refractivity contribution in [3.63, 3.8) is 0 Å². The molecule has 0 saturated carbocycles. The van der Waals surface area contributed by atoms with Crippen molar-refractivity contribution in [3.05, 3.63) is 83.9 Å². The number of hydrogen-bond acceptors (Lipinski definition) is 5. The molecule has 1 amide bonds. The molecule has 0 fully saturated rings. The number of amides is 1. The molecule has 0 aliphatic carbocycles. The first-order chi connectivity index (χ1) is 14.7. The first kappa shape index (κ1) is 20.4. The number of nitrogens with zero attached hydrogens (tertiary/aromatic N) is 2. The van der Waals surface area contributed by atoms with E-state index >= 15 is 0 Å². The molecule has 0 spiro atoms. The number of methoxy groups -OCH3 is 1. The SMILES string of the molecule is COc1ccc(C)c2sc(N(Cc3ccccc3)C(=O)CSc3ccccc3)nc12. The lowest BCUT2D eigenvalue weighted by atomic mass is 10.2. The zero-order chi connectivity index (χ0) is 20.9. The number of fused-ring (bicyclic) bond motifs is 1. The van der Waals surface area contributed by atoms with Crippen molar-refractivity contribution in [3.8, 4) is 5.75 Å². The van der Waals surface area contributed by atoms with Crippen LogP contribution in [0.4, 0.5) is 5.13 Å². The van der Waals surface area contributed by atoms with Crippen LogP contribution in [0, 0.1) is 6.92 Å². The number of thiazole rings is 1. The van der Waals surface area contributed by atoms with Gasteiger partial charge in [-0.1, -0.05) is 65.9 Å². The first-order valence-corrected chi connectivity index (χ1v) is 11.4. The lowest BCUT2D eigenvalue weighted by molar-refractivity contribution is -0.116. The molecular weight excluding hydrogens is 412 g/mol. The molecule has 4 nitrogen and oxygen atoms in total. The predicted molar refractivity (Wildman–Crippen MR) is 126 cm³/mol. The largest absolute Gasteiger partial charge is 0.494 e. The Balaban J connectivity index is 1.67. The van der Waals surface area contributed by atoms with Crippen LogP contribution in [-0.2, 0) is 11.3 Å². The van der Waals surface area contributed by atoms with Gasteiger partial charge in [-0.15, -0.1) is 11.8 Å². The van der Waals surface area contributed by atoms with Gasteiger partial charge in [0.1, 0.15) is 11.3 Å². The van der Waals surface area contributed by atoms with E-state index in [-0.39, 0.29) is 5.91 Å². The van der Waals surface area contributed by atoms with Crippen molar-refractivity contribution in [2.24, 2.45) is 0 Å². The summed E-state index contributed by atoms with van der Waals surface area (Å²) in [5.41, 5.74) is 3.00. The van der Waals surface area contributed by atoms with E-state index in [9.17, 15) is 4.79 Å². The molecular formula is C24H22N2O2S2. The summed E-state index contributed by atoms with van der Waals surface area (Å²) < 4.78 is 6.54. The van der Waals surface area contributed by atoms with Crippen LogP contribution < -0.4 is 9.64 Å². The van der Waals surface area contributed by atoms with E-state index in [1.54, 1.807) is 23.8 Å². The molecule has 4 aromatic rings. The van der Waals surface area contributed by atoms with Crippen LogP contribution in [0.5, 0.6) is 5.75 Å². The van der Waals surface area contributed by atoms with Crippen LogP contribution in [0.1, 0.15) is 11.1 Å². The summed E-state index contributed by atoms with van der Waals surface area (Å²) in [5.74, 6) is 1.11. The quantitative estimate of drug-likeness (QED) is 0.338. The third-order valence-corrected chi connectivity index (χ3v) is 6.94. The predicted octanol–water partition coefficient (Wildman–Crippen LogP) is 5.94. The van der Waals surface area contributed by atoms with Crippen LogP contribution in [0.3, 0.4) is 0 Å². The molecule has 0 unspecified atom stereocenters. The highest BCUT2D eigenvalue weighted by Crippen LogP contribution is 2.37. The summed E-state index contributed by atoms with van der Waals surface area (Å²) in [7, 11) is 1.65. The summed E-state index contributed by atoms with van der Waals surface area (Å²) in [6.45, 7) is 2.54. The third-order valence-electron chi connectivity index (χ3n) is 4.73. The van der Waals surface area contributed by atoms with Gasteiger partial charge in [-0.3, -0.25) is 9.69 Å². The average Bonchev–Trinajstić information content (AvgIpc) is 3.24. The molecule has 0 aliphatic rings. The number of carbonyl (C=O) groups is 1. The van der Waals surface area contributed by atoms with Crippen LogP contribution in [0.15, 0.2) is 77.7 Å². The molecule has 6 heteroatoms. The molecule has 152 valence electrons. The molecule has 0 radical (unpaired) electrons. The van der Waals surface area contributed by atoms with Crippen molar-refractivity contribution < 1.29 is 9.53 Å². The second-order valence-electron chi connectivity index (χ2n) is 6.83. The minimum atomic E-state index is 0.0309. The van der Waals surface area contributed by atoms with E-state index in [1.165, 1.54) is 11.3 Å². The van der Waals surface area contributed by atoms with Crippen molar-refractivity contribution in [2.45, 2.75) is 18.4 Å². The topological polar surface area (TPSA) is 42.4 Å². The highest BCUT2D eigenvalue weighted by atomic mass is 32.2. The Labute approximate surface area is 184 Å². The van der Waals surface area contributed by atoms with Crippen LogP contribution >= 0.6 is 23.1 Å². The minimum absolute atomic E-state index is 0.0309. The van der Waals surface area contributed by atoms with Crippen LogP contribution in [0.25, 0.3) is 10.2 Å². The molecule has 30 heavy (non-hydrogen) atoms. The van der Waals surface area contributed by atoms with Crippen molar-refractivity contribution in [2.75, 3.05) is 17.8 Å². The summed E-state index contributed by atoms with van der Waals surface area (Å²) in [4.78, 5) is 20.9. The number of aromatic nitrogens is 1. The Morgan fingerprint density at radius 3 is 2.43 bits per heavy atom. The third kappa shape index (κ3) is 4.50. The molecule has 1 aromatic heterocycles. The monoisotopic (exact) mass is 434 g/mol. The minimum Gasteiger partial charge on any atom is -0.494 e. The summed E-state index contributed by atoms with van der Waals surface area (Å²) >= 11 is 3.08. The number of benzene rings is 3. The highest BCUT2D eigenvalue weighted by molar-refractivity contribution is 8.00. The standard InChI is InChI=1S/C24H22N2O2S2/c1-17-13-14-20(28-2)22-23(17)30-24(25-22)26(15-18-9-5-3-6-10-18)21(27)16-29-19-11-7-4-8-12-19/h3-14H,15-16H2,1-2H3. The summed E-state index contributed by atoms with van der Waals surface area (Å²) in [5, 5.41) is 0.695. The Bertz CT molecular complexity index is 1140. The van der Waals surface area contributed by atoms with Crippen molar-refractivity contribution in [1.29, 1.82) is 0 Å². The normalized spacial score (nSPS) is 10.9. The van der Waals surface area contributed by atoms with Crippen LogP contribution in [0.2, 0.25) is 0 Å².